The van der Waals surface area contributed by atoms with Crippen molar-refractivity contribution in [3.8, 4) is 0 Å². The Bertz CT molecular complexity index is 1110. The molecule has 1 aromatic carbocycles. The van der Waals surface area contributed by atoms with E-state index < -0.39 is 15.6 Å². The van der Waals surface area contributed by atoms with Crippen molar-refractivity contribution < 1.29 is 13.2 Å². The van der Waals surface area contributed by atoms with Crippen molar-refractivity contribution in [2.24, 2.45) is 5.92 Å². The Morgan fingerprint density at radius 3 is 2.44 bits per heavy atom. The number of carbonyl (C=O) groups is 1. The summed E-state index contributed by atoms with van der Waals surface area (Å²) < 4.78 is 27.3. The van der Waals surface area contributed by atoms with Gasteiger partial charge in [0.1, 0.15) is 0 Å². The molecule has 2 heterocycles. The van der Waals surface area contributed by atoms with Gasteiger partial charge in [-0.1, -0.05) is 27.7 Å². The maximum Gasteiger partial charge on any atom is 0.252 e. The summed E-state index contributed by atoms with van der Waals surface area (Å²) in [5.41, 5.74) is 0.242. The minimum absolute atomic E-state index is 0.0304. The first-order chi connectivity index (χ1) is 15.1. The van der Waals surface area contributed by atoms with E-state index in [1.165, 1.54) is 22.5 Å². The highest BCUT2D eigenvalue weighted by molar-refractivity contribution is 7.89. The standard InChI is InChI=1S/C23H34N4O4S/c1-5-27(6-2)32(30,31)18-7-8-21-19(13-18)20(14-22(28)25-21)23(29)24-17-9-11-26(12-10-17)15-16(3)4/h7-8,13-14,16-17H,5-6,9-12,15H2,1-4H3,(H,24,29)(H,25,28). The maximum atomic E-state index is 13.1. The average Bonchev–Trinajstić information content (AvgIpc) is 2.74. The van der Waals surface area contributed by atoms with Crippen molar-refractivity contribution in [2.45, 2.75) is 51.5 Å². The van der Waals surface area contributed by atoms with Gasteiger partial charge in [0.2, 0.25) is 15.6 Å². The molecule has 8 nitrogen and oxygen atoms in total. The Labute approximate surface area is 190 Å². The number of carbonyl (C=O) groups excluding carboxylic acids is 1. The second-order valence-corrected chi connectivity index (χ2v) is 10.7. The molecule has 0 spiro atoms. The largest absolute Gasteiger partial charge is 0.349 e. The lowest BCUT2D eigenvalue weighted by molar-refractivity contribution is 0.0908. The van der Waals surface area contributed by atoms with E-state index in [4.69, 9.17) is 0 Å². The van der Waals surface area contributed by atoms with E-state index in [1.54, 1.807) is 19.9 Å². The fourth-order valence-electron chi connectivity index (χ4n) is 4.33. The van der Waals surface area contributed by atoms with Gasteiger partial charge in [-0.2, -0.15) is 4.31 Å². The zero-order valence-corrected chi connectivity index (χ0v) is 20.2. The molecule has 1 amide bonds. The van der Waals surface area contributed by atoms with Crippen LogP contribution >= 0.6 is 0 Å². The van der Waals surface area contributed by atoms with Gasteiger partial charge in [0.15, 0.2) is 0 Å². The fraction of sp³-hybridized carbons (Fsp3) is 0.565. The summed E-state index contributed by atoms with van der Waals surface area (Å²) in [5.74, 6) is 0.256. The van der Waals surface area contributed by atoms with Crippen LogP contribution in [0.5, 0.6) is 0 Å². The van der Waals surface area contributed by atoms with Crippen LogP contribution < -0.4 is 10.9 Å². The van der Waals surface area contributed by atoms with Crippen molar-refractivity contribution >= 4 is 26.8 Å². The van der Waals surface area contributed by atoms with E-state index >= 15 is 0 Å². The Balaban J connectivity index is 1.87. The first-order valence-corrected chi connectivity index (χ1v) is 12.8. The molecule has 9 heteroatoms. The minimum atomic E-state index is -3.68. The molecule has 3 rings (SSSR count). The number of nitrogens with one attached hydrogen (secondary N) is 2. The van der Waals surface area contributed by atoms with Crippen LogP contribution in [0.3, 0.4) is 0 Å². The number of hydrogen-bond donors (Lipinski definition) is 2. The highest BCUT2D eigenvalue weighted by Gasteiger charge is 2.25. The summed E-state index contributed by atoms with van der Waals surface area (Å²) in [4.78, 5) is 30.5. The lowest BCUT2D eigenvalue weighted by Gasteiger charge is -2.33. The lowest BCUT2D eigenvalue weighted by atomic mass is 10.0. The number of fused-ring (bicyclic) bond motifs is 1. The molecule has 1 aromatic heterocycles. The summed E-state index contributed by atoms with van der Waals surface area (Å²) in [6.07, 6.45) is 1.70. The van der Waals surface area contributed by atoms with Crippen LogP contribution in [0.2, 0.25) is 0 Å². The van der Waals surface area contributed by atoms with E-state index in [0.717, 1.165) is 32.5 Å². The molecule has 176 valence electrons. The van der Waals surface area contributed by atoms with Crippen molar-refractivity contribution in [3.05, 3.63) is 40.2 Å². The van der Waals surface area contributed by atoms with Gasteiger partial charge in [-0.25, -0.2) is 8.42 Å². The number of amides is 1. The third kappa shape index (κ3) is 5.39. The molecule has 0 unspecified atom stereocenters. The van der Waals surface area contributed by atoms with Crippen LogP contribution in [0, 0.1) is 5.92 Å². The average molecular weight is 463 g/mol. The summed E-state index contributed by atoms with van der Waals surface area (Å²) in [7, 11) is -3.68. The molecule has 0 atom stereocenters. The van der Waals surface area contributed by atoms with Gasteiger partial charge in [0.25, 0.3) is 5.91 Å². The Morgan fingerprint density at radius 2 is 1.84 bits per heavy atom. The van der Waals surface area contributed by atoms with Crippen LogP contribution in [0.15, 0.2) is 34.0 Å². The number of H-pyrrole nitrogens is 1. The van der Waals surface area contributed by atoms with Gasteiger partial charge in [-0.3, -0.25) is 9.59 Å². The van der Waals surface area contributed by atoms with Crippen molar-refractivity contribution in [2.75, 3.05) is 32.7 Å². The molecule has 0 bridgehead atoms. The molecule has 0 saturated carbocycles. The quantitative estimate of drug-likeness (QED) is 0.627. The van der Waals surface area contributed by atoms with E-state index in [0.29, 0.717) is 29.9 Å². The van der Waals surface area contributed by atoms with Gasteiger partial charge < -0.3 is 15.2 Å². The molecule has 0 radical (unpaired) electrons. The van der Waals surface area contributed by atoms with Gasteiger partial charge in [-0.15, -0.1) is 0 Å². The molecule has 1 aliphatic heterocycles. The van der Waals surface area contributed by atoms with Crippen LogP contribution in [0.4, 0.5) is 0 Å². The number of aromatic nitrogens is 1. The molecule has 32 heavy (non-hydrogen) atoms. The molecular formula is C23H34N4O4S. The molecule has 0 aliphatic carbocycles. The smallest absolute Gasteiger partial charge is 0.252 e. The lowest BCUT2D eigenvalue weighted by Crippen LogP contribution is -2.45. The topological polar surface area (TPSA) is 103 Å². The van der Waals surface area contributed by atoms with Crippen molar-refractivity contribution in [3.63, 3.8) is 0 Å². The number of sulfonamides is 1. The number of likely N-dealkylation sites (tertiary alicyclic amines) is 1. The normalized spacial score (nSPS) is 16.2. The number of hydrogen-bond acceptors (Lipinski definition) is 5. The maximum absolute atomic E-state index is 13.1. The molecule has 1 saturated heterocycles. The Kier molecular flexibility index (Phi) is 7.74. The number of aromatic amines is 1. The van der Waals surface area contributed by atoms with E-state index in [1.807, 2.05) is 0 Å². The summed E-state index contributed by atoms with van der Waals surface area (Å²) in [6.45, 7) is 11.5. The molecule has 1 fully saturated rings. The highest BCUT2D eigenvalue weighted by atomic mass is 32.2. The third-order valence-electron chi connectivity index (χ3n) is 5.95. The molecular weight excluding hydrogens is 428 g/mol. The highest BCUT2D eigenvalue weighted by Crippen LogP contribution is 2.23. The Hall–Kier alpha value is -2.23. The van der Waals surface area contributed by atoms with Gasteiger partial charge in [-0.05, 0) is 37.0 Å². The van der Waals surface area contributed by atoms with Gasteiger partial charge >= 0.3 is 0 Å². The first kappa shape index (κ1) is 24.4. The Morgan fingerprint density at radius 1 is 1.19 bits per heavy atom. The number of pyridine rings is 1. The zero-order valence-electron chi connectivity index (χ0n) is 19.3. The monoisotopic (exact) mass is 462 g/mol. The summed E-state index contributed by atoms with van der Waals surface area (Å²) in [5, 5.41) is 3.48. The number of rotatable bonds is 8. The SMILES string of the molecule is CCN(CC)S(=O)(=O)c1ccc2[nH]c(=O)cc(C(=O)NC3CCN(CC(C)C)CC3)c2c1. The number of piperidine rings is 1. The van der Waals surface area contributed by atoms with E-state index in [9.17, 15) is 18.0 Å². The predicted octanol–water partition coefficient (Wildman–Crippen LogP) is 2.41. The molecule has 1 aliphatic rings. The summed E-state index contributed by atoms with van der Waals surface area (Å²) in [6, 6.07) is 5.79. The van der Waals surface area contributed by atoms with Crippen LogP contribution in [-0.4, -0.2) is 67.3 Å². The zero-order chi connectivity index (χ0) is 23.5. The van der Waals surface area contributed by atoms with Crippen molar-refractivity contribution in [1.82, 2.24) is 19.5 Å². The van der Waals surface area contributed by atoms with Crippen LogP contribution in [-0.2, 0) is 10.0 Å². The van der Waals surface area contributed by atoms with Crippen molar-refractivity contribution in [1.29, 1.82) is 0 Å². The summed E-state index contributed by atoms with van der Waals surface area (Å²) >= 11 is 0. The number of nitrogens with zero attached hydrogens (tertiary/aromatic N) is 2. The second-order valence-electron chi connectivity index (χ2n) is 8.79. The second kappa shape index (κ2) is 10.1. The first-order valence-electron chi connectivity index (χ1n) is 11.4. The fourth-order valence-corrected chi connectivity index (χ4v) is 5.82. The van der Waals surface area contributed by atoms with Gasteiger partial charge in [0, 0.05) is 55.7 Å². The van der Waals surface area contributed by atoms with E-state index in [-0.39, 0.29) is 22.4 Å². The number of benzene rings is 1. The third-order valence-corrected chi connectivity index (χ3v) is 7.99. The van der Waals surface area contributed by atoms with Crippen LogP contribution in [0.1, 0.15) is 50.9 Å². The minimum Gasteiger partial charge on any atom is -0.349 e. The predicted molar refractivity (Wildman–Crippen MR) is 126 cm³/mol. The molecule has 2 N–H and O–H groups in total. The molecule has 2 aromatic rings. The van der Waals surface area contributed by atoms with Gasteiger partial charge in [0.05, 0.1) is 10.5 Å². The van der Waals surface area contributed by atoms with Crippen LogP contribution in [0.25, 0.3) is 10.9 Å². The van der Waals surface area contributed by atoms with E-state index in [2.05, 4.69) is 29.0 Å².